The molecule has 3 heterocycles. The van der Waals surface area contributed by atoms with E-state index < -0.39 is 0 Å². The molecule has 2 aromatic heterocycles. The summed E-state index contributed by atoms with van der Waals surface area (Å²) in [6.07, 6.45) is 5.89. The molecule has 1 aliphatic heterocycles. The maximum absolute atomic E-state index is 9.64. The van der Waals surface area contributed by atoms with Crippen molar-refractivity contribution in [2.75, 3.05) is 20.2 Å². The lowest BCUT2D eigenvalue weighted by Crippen LogP contribution is -2.17. The van der Waals surface area contributed by atoms with E-state index in [2.05, 4.69) is 11.0 Å². The summed E-state index contributed by atoms with van der Waals surface area (Å²) in [7, 11) is 1.59. The van der Waals surface area contributed by atoms with Crippen molar-refractivity contribution in [2.45, 2.75) is 19.8 Å². The fraction of sp³-hybridized carbons (Fsp3) is 0.300. The Morgan fingerprint density at radius 3 is 2.81 bits per heavy atom. The van der Waals surface area contributed by atoms with Gasteiger partial charge in [0.1, 0.15) is 28.5 Å². The van der Waals surface area contributed by atoms with Gasteiger partial charge in [-0.25, -0.2) is 0 Å². The molecular formula is C20H19N3O3. The van der Waals surface area contributed by atoms with E-state index in [1.54, 1.807) is 19.4 Å². The number of benzene rings is 1. The second-order valence-electron chi connectivity index (χ2n) is 6.43. The third kappa shape index (κ3) is 2.44. The number of allylic oxidation sites excluding steroid dienone is 1. The maximum Gasteiger partial charge on any atom is 0.230 e. The molecule has 1 aliphatic rings. The smallest absolute Gasteiger partial charge is 0.230 e. The zero-order chi connectivity index (χ0) is 18.3. The molecule has 1 N–H and O–H groups in total. The molecule has 0 atom stereocenters. The van der Waals surface area contributed by atoms with Crippen molar-refractivity contribution >= 4 is 28.0 Å². The summed E-state index contributed by atoms with van der Waals surface area (Å²) < 4.78 is 16.7. The van der Waals surface area contributed by atoms with Crippen LogP contribution in [0.3, 0.4) is 0 Å². The predicted molar refractivity (Wildman–Crippen MR) is 97.6 cm³/mol. The van der Waals surface area contributed by atoms with E-state index in [9.17, 15) is 5.26 Å². The molecule has 0 spiro atoms. The van der Waals surface area contributed by atoms with E-state index in [1.165, 1.54) is 12.8 Å². The summed E-state index contributed by atoms with van der Waals surface area (Å²) in [6.45, 7) is 4.06. The lowest BCUT2D eigenvalue weighted by atomic mass is 10.0. The van der Waals surface area contributed by atoms with E-state index in [1.807, 2.05) is 19.1 Å². The van der Waals surface area contributed by atoms with Gasteiger partial charge in [0.2, 0.25) is 5.55 Å². The van der Waals surface area contributed by atoms with Crippen molar-refractivity contribution in [1.29, 1.82) is 10.7 Å². The number of nitrogens with one attached hydrogen (secondary N) is 1. The van der Waals surface area contributed by atoms with Crippen LogP contribution in [0.15, 0.2) is 32.9 Å². The normalized spacial score (nSPS) is 15.0. The van der Waals surface area contributed by atoms with Crippen molar-refractivity contribution in [3.8, 4) is 11.8 Å². The lowest BCUT2D eigenvalue weighted by Gasteiger charge is -2.19. The highest BCUT2D eigenvalue weighted by molar-refractivity contribution is 6.05. The third-order valence-electron chi connectivity index (χ3n) is 4.93. The van der Waals surface area contributed by atoms with Gasteiger partial charge in [-0.3, -0.25) is 5.41 Å². The summed E-state index contributed by atoms with van der Waals surface area (Å²) in [5.74, 6) is 0.590. The topological polar surface area (TPSA) is 86.4 Å². The van der Waals surface area contributed by atoms with Gasteiger partial charge in [-0.1, -0.05) is 0 Å². The summed E-state index contributed by atoms with van der Waals surface area (Å²) in [5, 5.41) is 19.3. The SMILES string of the molecule is COc1c2ccoc2cc2oc(=N)c(C#N)c(/C=C(/C)N3CCCC3)c12. The molecule has 0 amide bonds. The first-order chi connectivity index (χ1) is 12.6. The first-order valence-electron chi connectivity index (χ1n) is 8.57. The molecule has 0 bridgehead atoms. The van der Waals surface area contributed by atoms with Gasteiger partial charge in [0.15, 0.2) is 0 Å². The molecule has 0 unspecified atom stereocenters. The molecule has 4 rings (SSSR count). The van der Waals surface area contributed by atoms with Gasteiger partial charge in [0.25, 0.3) is 0 Å². The first-order valence-corrected chi connectivity index (χ1v) is 8.57. The molecular weight excluding hydrogens is 330 g/mol. The number of hydrogen-bond acceptors (Lipinski definition) is 6. The number of fused-ring (bicyclic) bond motifs is 2. The minimum Gasteiger partial charge on any atom is -0.495 e. The molecule has 3 aromatic rings. The molecule has 26 heavy (non-hydrogen) atoms. The largest absolute Gasteiger partial charge is 0.495 e. The van der Waals surface area contributed by atoms with Crippen LogP contribution < -0.4 is 10.3 Å². The first kappa shape index (κ1) is 16.3. The number of ether oxygens (including phenoxy) is 1. The number of methoxy groups -OCH3 is 1. The van der Waals surface area contributed by atoms with Crippen molar-refractivity contribution in [1.82, 2.24) is 4.90 Å². The molecule has 1 saturated heterocycles. The van der Waals surface area contributed by atoms with Crippen molar-refractivity contribution in [2.24, 2.45) is 0 Å². The minimum atomic E-state index is -0.159. The molecule has 6 nitrogen and oxygen atoms in total. The number of hydrogen-bond donors (Lipinski definition) is 1. The second-order valence-corrected chi connectivity index (χ2v) is 6.43. The molecule has 6 heteroatoms. The average Bonchev–Trinajstić information content (AvgIpc) is 3.31. The van der Waals surface area contributed by atoms with Crippen molar-refractivity contribution < 1.29 is 13.6 Å². The molecule has 0 aliphatic carbocycles. The Morgan fingerprint density at radius 1 is 1.35 bits per heavy atom. The Balaban J connectivity index is 2.10. The standard InChI is InChI=1S/C20H19N3O3/c1-12(23-6-3-4-7-23)9-14-15(11-21)20(22)26-17-10-16-13(5-8-25-16)19(24-2)18(14)17/h5,8-10,22H,3-4,6-7H2,1-2H3/b12-9-,22-20?. The Bertz CT molecular complexity index is 1130. The minimum absolute atomic E-state index is 0.159. The fourth-order valence-electron chi connectivity index (χ4n) is 3.64. The van der Waals surface area contributed by atoms with Crippen LogP contribution in [0.1, 0.15) is 30.9 Å². The Labute approximate surface area is 150 Å². The summed E-state index contributed by atoms with van der Waals surface area (Å²) >= 11 is 0. The van der Waals surface area contributed by atoms with Crippen LogP contribution in [0, 0.1) is 16.7 Å². The molecule has 132 valence electrons. The zero-order valence-electron chi connectivity index (χ0n) is 14.8. The van der Waals surface area contributed by atoms with E-state index in [4.69, 9.17) is 19.0 Å². The summed E-state index contributed by atoms with van der Waals surface area (Å²) in [4.78, 5) is 2.30. The van der Waals surface area contributed by atoms with Crippen LogP contribution in [0.4, 0.5) is 0 Å². The highest BCUT2D eigenvalue weighted by Crippen LogP contribution is 2.38. The van der Waals surface area contributed by atoms with Crippen LogP contribution in [-0.4, -0.2) is 25.1 Å². The number of likely N-dealkylation sites (tertiary alicyclic amines) is 1. The van der Waals surface area contributed by atoms with Crippen LogP contribution in [0.5, 0.6) is 5.75 Å². The highest BCUT2D eigenvalue weighted by Gasteiger charge is 2.20. The van der Waals surface area contributed by atoms with Gasteiger partial charge >= 0.3 is 0 Å². The number of nitriles is 1. The number of nitrogens with zero attached hydrogens (tertiary/aromatic N) is 2. The lowest BCUT2D eigenvalue weighted by molar-refractivity contribution is 0.422. The van der Waals surface area contributed by atoms with Crippen LogP contribution >= 0.6 is 0 Å². The van der Waals surface area contributed by atoms with Gasteiger partial charge in [-0.2, -0.15) is 5.26 Å². The predicted octanol–water partition coefficient (Wildman–Crippen LogP) is 4.00. The van der Waals surface area contributed by atoms with Gasteiger partial charge in [-0.05, 0) is 31.9 Å². The van der Waals surface area contributed by atoms with Gasteiger partial charge in [0.05, 0.1) is 24.1 Å². The van der Waals surface area contributed by atoms with Crippen molar-refractivity contribution in [3.05, 3.63) is 40.8 Å². The van der Waals surface area contributed by atoms with Gasteiger partial charge in [-0.15, -0.1) is 0 Å². The van der Waals surface area contributed by atoms with E-state index >= 15 is 0 Å². The molecule has 1 fully saturated rings. The van der Waals surface area contributed by atoms with E-state index in [0.29, 0.717) is 27.9 Å². The van der Waals surface area contributed by atoms with Gasteiger partial charge in [0, 0.05) is 30.4 Å². The molecule has 0 saturated carbocycles. The molecule has 1 aromatic carbocycles. The highest BCUT2D eigenvalue weighted by atomic mass is 16.5. The summed E-state index contributed by atoms with van der Waals surface area (Å²) in [6, 6.07) is 5.70. The van der Waals surface area contributed by atoms with Gasteiger partial charge < -0.3 is 18.5 Å². The van der Waals surface area contributed by atoms with Crippen LogP contribution in [-0.2, 0) is 0 Å². The van der Waals surface area contributed by atoms with Crippen LogP contribution in [0.2, 0.25) is 0 Å². The average molecular weight is 349 g/mol. The third-order valence-corrected chi connectivity index (χ3v) is 4.93. The van der Waals surface area contributed by atoms with Crippen molar-refractivity contribution in [3.63, 3.8) is 0 Å². The maximum atomic E-state index is 9.64. The second kappa shape index (κ2) is 6.26. The Morgan fingerprint density at radius 2 is 2.12 bits per heavy atom. The monoisotopic (exact) mass is 349 g/mol. The van der Waals surface area contributed by atoms with E-state index in [-0.39, 0.29) is 11.1 Å². The quantitative estimate of drug-likeness (QED) is 0.772. The molecule has 0 radical (unpaired) electrons. The number of furan rings is 1. The zero-order valence-corrected chi connectivity index (χ0v) is 14.8. The van der Waals surface area contributed by atoms with Crippen LogP contribution in [0.25, 0.3) is 28.0 Å². The fourth-order valence-corrected chi connectivity index (χ4v) is 3.64. The van der Waals surface area contributed by atoms with E-state index in [0.717, 1.165) is 24.2 Å². The number of rotatable bonds is 3. The summed E-state index contributed by atoms with van der Waals surface area (Å²) in [5.41, 5.74) is 2.86. The Hall–Kier alpha value is -3.20. The Kier molecular flexibility index (Phi) is 3.92.